The molecule has 1 N–H and O–H groups in total. The summed E-state index contributed by atoms with van der Waals surface area (Å²) in [6, 6.07) is 11.3. The lowest BCUT2D eigenvalue weighted by Crippen LogP contribution is -2.28. The minimum Gasteiger partial charge on any atom is -0.496 e. The average Bonchev–Trinajstić information content (AvgIpc) is 3.48. The molecule has 0 atom stereocenters. The van der Waals surface area contributed by atoms with Crippen LogP contribution in [0.15, 0.2) is 47.4 Å². The largest absolute Gasteiger partial charge is 0.496 e. The maximum atomic E-state index is 13.0. The van der Waals surface area contributed by atoms with E-state index in [0.717, 1.165) is 31.4 Å². The molecule has 0 aromatic heterocycles. The molecule has 0 unspecified atom stereocenters. The number of hydrogen-bond donors (Lipinski definition) is 1. The standard InChI is InChI=1S/C23H28N2O5S/c1-29-22-13-12-20(16-21(22)23(26)25-14-4-5-15-25)31(27,28)24-17-8-10-19(11-9-17)30-18-6-2-3-7-18/h8-13,16,18,24H,2-7,14-15H2,1H3. The fourth-order valence-corrected chi connectivity index (χ4v) is 5.21. The zero-order valence-electron chi connectivity index (χ0n) is 17.7. The summed E-state index contributed by atoms with van der Waals surface area (Å²) < 4.78 is 39.7. The lowest BCUT2D eigenvalue weighted by atomic mass is 10.1. The lowest BCUT2D eigenvalue weighted by Gasteiger charge is -2.18. The van der Waals surface area contributed by atoms with Crippen LogP contribution in [0.2, 0.25) is 0 Å². The average molecular weight is 445 g/mol. The van der Waals surface area contributed by atoms with Gasteiger partial charge in [0.1, 0.15) is 11.5 Å². The maximum absolute atomic E-state index is 13.0. The third-order valence-electron chi connectivity index (χ3n) is 5.82. The quantitative estimate of drug-likeness (QED) is 0.696. The Morgan fingerprint density at radius 2 is 1.68 bits per heavy atom. The van der Waals surface area contributed by atoms with E-state index < -0.39 is 10.0 Å². The number of carbonyl (C=O) groups is 1. The fraction of sp³-hybridized carbons (Fsp3) is 0.435. The van der Waals surface area contributed by atoms with Crippen molar-refractivity contribution in [1.29, 1.82) is 0 Å². The maximum Gasteiger partial charge on any atom is 0.261 e. The molecule has 1 aliphatic heterocycles. The monoisotopic (exact) mass is 444 g/mol. The zero-order chi connectivity index (χ0) is 21.8. The summed E-state index contributed by atoms with van der Waals surface area (Å²) in [5, 5.41) is 0. The molecular formula is C23H28N2O5S. The third-order valence-corrected chi connectivity index (χ3v) is 7.20. The summed E-state index contributed by atoms with van der Waals surface area (Å²) in [5.74, 6) is 0.891. The number of nitrogens with zero attached hydrogens (tertiary/aromatic N) is 1. The SMILES string of the molecule is COc1ccc(S(=O)(=O)Nc2ccc(OC3CCCC3)cc2)cc1C(=O)N1CCCC1. The van der Waals surface area contributed by atoms with Gasteiger partial charge in [0.05, 0.1) is 23.7 Å². The van der Waals surface area contributed by atoms with Crippen molar-refractivity contribution in [2.75, 3.05) is 24.9 Å². The van der Waals surface area contributed by atoms with E-state index in [1.807, 2.05) is 0 Å². The Labute approximate surface area is 183 Å². The van der Waals surface area contributed by atoms with Crippen LogP contribution in [-0.2, 0) is 10.0 Å². The first-order valence-electron chi connectivity index (χ1n) is 10.7. The highest BCUT2D eigenvalue weighted by atomic mass is 32.2. The second-order valence-corrected chi connectivity index (χ2v) is 9.70. The molecule has 2 aromatic carbocycles. The van der Waals surface area contributed by atoms with Gasteiger partial charge in [0.2, 0.25) is 0 Å². The molecule has 2 fully saturated rings. The van der Waals surface area contributed by atoms with E-state index >= 15 is 0 Å². The highest BCUT2D eigenvalue weighted by molar-refractivity contribution is 7.92. The van der Waals surface area contributed by atoms with Gasteiger partial charge in [-0.1, -0.05) is 0 Å². The Morgan fingerprint density at radius 1 is 1.00 bits per heavy atom. The van der Waals surface area contributed by atoms with Crippen molar-refractivity contribution in [3.05, 3.63) is 48.0 Å². The number of hydrogen-bond acceptors (Lipinski definition) is 5. The first-order valence-corrected chi connectivity index (χ1v) is 12.2. The van der Waals surface area contributed by atoms with Gasteiger partial charge in [-0.15, -0.1) is 0 Å². The van der Waals surface area contributed by atoms with Crippen LogP contribution in [0.3, 0.4) is 0 Å². The van der Waals surface area contributed by atoms with Gasteiger partial charge in [-0.05, 0) is 81.0 Å². The lowest BCUT2D eigenvalue weighted by molar-refractivity contribution is 0.0789. The van der Waals surface area contributed by atoms with E-state index in [2.05, 4.69) is 4.72 Å². The number of carbonyl (C=O) groups excluding carboxylic acids is 1. The molecule has 0 spiro atoms. The molecule has 1 heterocycles. The zero-order valence-corrected chi connectivity index (χ0v) is 18.5. The predicted octanol–water partition coefficient (Wildman–Crippen LogP) is 4.05. The molecule has 166 valence electrons. The van der Waals surface area contributed by atoms with Crippen LogP contribution in [0.5, 0.6) is 11.5 Å². The number of nitrogens with one attached hydrogen (secondary N) is 1. The second-order valence-electron chi connectivity index (χ2n) is 8.02. The first-order chi connectivity index (χ1) is 15.0. The molecule has 1 saturated heterocycles. The highest BCUT2D eigenvalue weighted by Gasteiger charge is 2.25. The Balaban J connectivity index is 1.51. The normalized spacial score (nSPS) is 17.0. The highest BCUT2D eigenvalue weighted by Crippen LogP contribution is 2.28. The van der Waals surface area contributed by atoms with Gasteiger partial charge in [0.25, 0.3) is 15.9 Å². The summed E-state index contributed by atoms with van der Waals surface area (Å²) in [4.78, 5) is 14.6. The summed E-state index contributed by atoms with van der Waals surface area (Å²) in [5.41, 5.74) is 0.689. The Morgan fingerprint density at radius 3 is 2.32 bits per heavy atom. The van der Waals surface area contributed by atoms with Crippen LogP contribution in [0.25, 0.3) is 0 Å². The molecule has 2 aliphatic rings. The van der Waals surface area contributed by atoms with Crippen molar-refractivity contribution in [2.24, 2.45) is 0 Å². The summed E-state index contributed by atoms with van der Waals surface area (Å²) in [6.07, 6.45) is 6.64. The van der Waals surface area contributed by atoms with Crippen LogP contribution in [-0.4, -0.2) is 45.5 Å². The van der Waals surface area contributed by atoms with Gasteiger partial charge in [0.15, 0.2) is 0 Å². The van der Waals surface area contributed by atoms with E-state index in [9.17, 15) is 13.2 Å². The van der Waals surface area contributed by atoms with Gasteiger partial charge in [-0.3, -0.25) is 9.52 Å². The van der Waals surface area contributed by atoms with Gasteiger partial charge in [0, 0.05) is 18.8 Å². The topological polar surface area (TPSA) is 84.9 Å². The Bertz CT molecular complexity index is 1020. The van der Waals surface area contributed by atoms with Gasteiger partial charge in [-0.25, -0.2) is 8.42 Å². The molecule has 7 nitrogen and oxygen atoms in total. The van der Waals surface area contributed by atoms with E-state index in [-0.39, 0.29) is 22.5 Å². The molecule has 1 amide bonds. The number of benzene rings is 2. The van der Waals surface area contributed by atoms with Gasteiger partial charge < -0.3 is 14.4 Å². The van der Waals surface area contributed by atoms with Crippen molar-refractivity contribution in [3.8, 4) is 11.5 Å². The predicted molar refractivity (Wildman–Crippen MR) is 118 cm³/mol. The smallest absolute Gasteiger partial charge is 0.261 e. The third kappa shape index (κ3) is 4.95. The number of sulfonamides is 1. The van der Waals surface area contributed by atoms with Crippen LogP contribution in [0, 0.1) is 0 Å². The minimum atomic E-state index is -3.87. The summed E-state index contributed by atoms with van der Waals surface area (Å²) in [6.45, 7) is 1.35. The fourth-order valence-electron chi connectivity index (χ4n) is 4.13. The van der Waals surface area contributed by atoms with E-state index in [1.54, 1.807) is 29.2 Å². The van der Waals surface area contributed by atoms with Crippen molar-refractivity contribution < 1.29 is 22.7 Å². The van der Waals surface area contributed by atoms with Crippen LogP contribution in [0.4, 0.5) is 5.69 Å². The second kappa shape index (κ2) is 9.18. The number of rotatable bonds is 7. The number of methoxy groups -OCH3 is 1. The minimum absolute atomic E-state index is 0.0159. The number of likely N-dealkylation sites (tertiary alicyclic amines) is 1. The molecule has 31 heavy (non-hydrogen) atoms. The molecular weight excluding hydrogens is 416 g/mol. The molecule has 8 heteroatoms. The van der Waals surface area contributed by atoms with E-state index in [0.29, 0.717) is 24.5 Å². The Kier molecular flexibility index (Phi) is 6.36. The number of anilines is 1. The van der Waals surface area contributed by atoms with Crippen molar-refractivity contribution in [2.45, 2.75) is 49.5 Å². The molecule has 0 radical (unpaired) electrons. The van der Waals surface area contributed by atoms with Crippen molar-refractivity contribution in [1.82, 2.24) is 4.90 Å². The van der Waals surface area contributed by atoms with Crippen LogP contribution < -0.4 is 14.2 Å². The molecule has 4 rings (SSSR count). The van der Waals surface area contributed by atoms with Gasteiger partial charge in [-0.2, -0.15) is 0 Å². The number of amides is 1. The van der Waals surface area contributed by atoms with Crippen molar-refractivity contribution in [3.63, 3.8) is 0 Å². The van der Waals surface area contributed by atoms with E-state index in [1.165, 1.54) is 38.2 Å². The van der Waals surface area contributed by atoms with E-state index in [4.69, 9.17) is 9.47 Å². The molecule has 0 bridgehead atoms. The van der Waals surface area contributed by atoms with Gasteiger partial charge >= 0.3 is 0 Å². The summed E-state index contributed by atoms with van der Waals surface area (Å²) in [7, 11) is -2.40. The molecule has 1 aliphatic carbocycles. The van der Waals surface area contributed by atoms with Crippen molar-refractivity contribution >= 4 is 21.6 Å². The first kappa shape index (κ1) is 21.5. The van der Waals surface area contributed by atoms with Crippen LogP contribution in [0.1, 0.15) is 48.9 Å². The molecule has 1 saturated carbocycles. The summed E-state index contributed by atoms with van der Waals surface area (Å²) >= 11 is 0. The number of ether oxygens (including phenoxy) is 2. The van der Waals surface area contributed by atoms with Crippen LogP contribution >= 0.6 is 0 Å². The Hall–Kier alpha value is -2.74. The molecule has 2 aromatic rings.